The second-order valence-electron chi connectivity index (χ2n) is 2.68. The highest BCUT2D eigenvalue weighted by Gasteiger charge is 2.16. The third-order valence-electron chi connectivity index (χ3n) is 1.72. The van der Waals surface area contributed by atoms with Crippen LogP contribution in [0, 0.1) is 5.92 Å². The number of thioether (sulfide) groups is 1. The molecule has 1 N–H and O–H groups in total. The van der Waals surface area contributed by atoms with E-state index in [-0.39, 0.29) is 0 Å². The zero-order valence-electron chi connectivity index (χ0n) is 5.88. The van der Waals surface area contributed by atoms with E-state index < -0.39 is 5.97 Å². The van der Waals surface area contributed by atoms with Crippen LogP contribution in [0.15, 0.2) is 0 Å². The molecule has 0 aromatic carbocycles. The first-order chi connectivity index (χ1) is 4.79. The van der Waals surface area contributed by atoms with E-state index in [0.29, 0.717) is 12.3 Å². The molecule has 0 radical (unpaired) electrons. The number of carboxylic acids is 1. The van der Waals surface area contributed by atoms with Gasteiger partial charge >= 0.3 is 5.97 Å². The molecule has 1 aliphatic rings. The molecule has 0 saturated carbocycles. The third-order valence-corrected chi connectivity index (χ3v) is 3.00. The van der Waals surface area contributed by atoms with Crippen molar-refractivity contribution in [1.29, 1.82) is 0 Å². The van der Waals surface area contributed by atoms with E-state index in [9.17, 15) is 4.79 Å². The number of hydrogen-bond donors (Lipinski definition) is 1. The van der Waals surface area contributed by atoms with Gasteiger partial charge in [-0.25, -0.2) is 0 Å². The third kappa shape index (κ3) is 2.60. The topological polar surface area (TPSA) is 37.3 Å². The standard InChI is InChI=1S/C7H12O2S/c8-7(9)4-6-2-1-3-10-5-6/h6H,1-5H2,(H,8,9). The maximum absolute atomic E-state index is 10.3. The summed E-state index contributed by atoms with van der Waals surface area (Å²) in [6, 6.07) is 0. The van der Waals surface area contributed by atoms with Crippen LogP contribution in [-0.4, -0.2) is 22.6 Å². The maximum atomic E-state index is 10.3. The lowest BCUT2D eigenvalue weighted by Crippen LogP contribution is -2.14. The molecule has 1 unspecified atom stereocenters. The Morgan fingerprint density at radius 2 is 2.50 bits per heavy atom. The van der Waals surface area contributed by atoms with Crippen LogP contribution in [0.2, 0.25) is 0 Å². The molecule has 0 aromatic rings. The summed E-state index contributed by atoms with van der Waals surface area (Å²) in [5, 5.41) is 8.46. The van der Waals surface area contributed by atoms with E-state index in [1.54, 1.807) is 0 Å². The maximum Gasteiger partial charge on any atom is 0.303 e. The molecule has 3 heteroatoms. The van der Waals surface area contributed by atoms with Gasteiger partial charge in [-0.2, -0.15) is 11.8 Å². The average molecular weight is 160 g/mol. The fourth-order valence-electron chi connectivity index (χ4n) is 1.22. The van der Waals surface area contributed by atoms with Crippen LogP contribution in [-0.2, 0) is 4.79 Å². The molecule has 0 amide bonds. The number of hydrogen-bond acceptors (Lipinski definition) is 2. The molecule has 1 rings (SSSR count). The minimum atomic E-state index is -0.646. The van der Waals surface area contributed by atoms with Crippen LogP contribution in [0.1, 0.15) is 19.3 Å². The van der Waals surface area contributed by atoms with E-state index in [1.807, 2.05) is 11.8 Å². The monoisotopic (exact) mass is 160 g/mol. The Morgan fingerprint density at radius 3 is 3.00 bits per heavy atom. The van der Waals surface area contributed by atoms with E-state index in [4.69, 9.17) is 5.11 Å². The van der Waals surface area contributed by atoms with Gasteiger partial charge in [0.05, 0.1) is 0 Å². The molecule has 1 fully saturated rings. The number of carbonyl (C=O) groups is 1. The molecule has 1 saturated heterocycles. The molecule has 1 aliphatic heterocycles. The summed E-state index contributed by atoms with van der Waals surface area (Å²) in [6.07, 6.45) is 2.68. The zero-order valence-corrected chi connectivity index (χ0v) is 6.69. The first kappa shape index (κ1) is 7.92. The molecule has 0 bridgehead atoms. The van der Waals surface area contributed by atoms with Crippen molar-refractivity contribution < 1.29 is 9.90 Å². The molecule has 1 heterocycles. The molecule has 0 aromatic heterocycles. The minimum absolute atomic E-state index is 0.368. The van der Waals surface area contributed by atoms with Gasteiger partial charge in [0.25, 0.3) is 0 Å². The van der Waals surface area contributed by atoms with Crippen molar-refractivity contribution in [3.8, 4) is 0 Å². The normalized spacial score (nSPS) is 26.2. The second-order valence-corrected chi connectivity index (χ2v) is 3.83. The van der Waals surface area contributed by atoms with Crippen molar-refractivity contribution in [3.63, 3.8) is 0 Å². The van der Waals surface area contributed by atoms with Gasteiger partial charge in [-0.3, -0.25) is 4.79 Å². The summed E-state index contributed by atoms with van der Waals surface area (Å²) >= 11 is 1.88. The summed E-state index contributed by atoms with van der Waals surface area (Å²) in [5.74, 6) is 2.06. The smallest absolute Gasteiger partial charge is 0.303 e. The second kappa shape index (κ2) is 3.86. The Kier molecular flexibility index (Phi) is 3.06. The van der Waals surface area contributed by atoms with Gasteiger partial charge in [0.2, 0.25) is 0 Å². The van der Waals surface area contributed by atoms with Crippen LogP contribution in [0.3, 0.4) is 0 Å². The SMILES string of the molecule is O=C(O)CC1CCCSC1. The van der Waals surface area contributed by atoms with Crippen LogP contribution in [0.5, 0.6) is 0 Å². The Bertz CT molecular complexity index is 119. The van der Waals surface area contributed by atoms with Crippen LogP contribution in [0.25, 0.3) is 0 Å². The lowest BCUT2D eigenvalue weighted by atomic mass is 10.0. The van der Waals surface area contributed by atoms with Gasteiger partial charge < -0.3 is 5.11 Å². The highest BCUT2D eigenvalue weighted by atomic mass is 32.2. The quantitative estimate of drug-likeness (QED) is 0.666. The Morgan fingerprint density at radius 1 is 1.70 bits per heavy atom. The highest BCUT2D eigenvalue weighted by Crippen LogP contribution is 2.24. The summed E-state index contributed by atoms with van der Waals surface area (Å²) in [5.41, 5.74) is 0. The van der Waals surface area contributed by atoms with Crippen LogP contribution < -0.4 is 0 Å². The molecule has 0 aliphatic carbocycles. The van der Waals surface area contributed by atoms with E-state index in [0.717, 1.165) is 12.2 Å². The Balaban J connectivity index is 2.19. The van der Waals surface area contributed by atoms with E-state index in [2.05, 4.69) is 0 Å². The lowest BCUT2D eigenvalue weighted by Gasteiger charge is -2.18. The first-order valence-corrected chi connectivity index (χ1v) is 4.74. The fraction of sp³-hybridized carbons (Fsp3) is 0.857. The van der Waals surface area contributed by atoms with Gasteiger partial charge in [-0.1, -0.05) is 0 Å². The summed E-state index contributed by atoms with van der Waals surface area (Å²) in [6.45, 7) is 0. The van der Waals surface area contributed by atoms with Crippen molar-refractivity contribution in [2.24, 2.45) is 5.92 Å². The first-order valence-electron chi connectivity index (χ1n) is 3.58. The summed E-state index contributed by atoms with van der Waals surface area (Å²) < 4.78 is 0. The number of carboxylic acid groups (broad SMARTS) is 1. The van der Waals surface area contributed by atoms with Gasteiger partial charge in [0.15, 0.2) is 0 Å². The Labute approximate surface area is 65.0 Å². The molecular weight excluding hydrogens is 148 g/mol. The van der Waals surface area contributed by atoms with Gasteiger partial charge in [0, 0.05) is 6.42 Å². The molecule has 0 spiro atoms. The van der Waals surface area contributed by atoms with Crippen molar-refractivity contribution >= 4 is 17.7 Å². The zero-order chi connectivity index (χ0) is 7.40. The van der Waals surface area contributed by atoms with Crippen molar-refractivity contribution in [2.45, 2.75) is 19.3 Å². The molecule has 10 heavy (non-hydrogen) atoms. The number of aliphatic carboxylic acids is 1. The molecule has 1 atom stereocenters. The van der Waals surface area contributed by atoms with Crippen LogP contribution in [0.4, 0.5) is 0 Å². The van der Waals surface area contributed by atoms with Gasteiger partial charge in [-0.15, -0.1) is 0 Å². The predicted octanol–water partition coefficient (Wildman–Crippen LogP) is 1.60. The van der Waals surface area contributed by atoms with E-state index in [1.165, 1.54) is 12.2 Å². The lowest BCUT2D eigenvalue weighted by molar-refractivity contribution is -0.137. The van der Waals surface area contributed by atoms with Gasteiger partial charge in [-0.05, 0) is 30.3 Å². The Hall–Kier alpha value is -0.180. The minimum Gasteiger partial charge on any atom is -0.481 e. The van der Waals surface area contributed by atoms with Crippen LogP contribution >= 0.6 is 11.8 Å². The predicted molar refractivity (Wildman–Crippen MR) is 42.3 cm³/mol. The number of rotatable bonds is 2. The van der Waals surface area contributed by atoms with Gasteiger partial charge in [0.1, 0.15) is 0 Å². The summed E-state index contributed by atoms with van der Waals surface area (Å²) in [7, 11) is 0. The fourth-order valence-corrected chi connectivity index (χ4v) is 2.37. The largest absolute Gasteiger partial charge is 0.481 e. The van der Waals surface area contributed by atoms with Crippen molar-refractivity contribution in [1.82, 2.24) is 0 Å². The van der Waals surface area contributed by atoms with Crippen molar-refractivity contribution in [2.75, 3.05) is 11.5 Å². The van der Waals surface area contributed by atoms with Crippen molar-refractivity contribution in [3.05, 3.63) is 0 Å². The molecule has 58 valence electrons. The molecule has 2 nitrogen and oxygen atoms in total. The molecular formula is C7H12O2S. The van der Waals surface area contributed by atoms with E-state index >= 15 is 0 Å². The average Bonchev–Trinajstić information content (AvgIpc) is 1.88. The summed E-state index contributed by atoms with van der Waals surface area (Å²) in [4.78, 5) is 10.3. The highest BCUT2D eigenvalue weighted by molar-refractivity contribution is 7.99.